The van der Waals surface area contributed by atoms with E-state index in [9.17, 15) is 4.39 Å². The molecule has 1 aliphatic carbocycles. The van der Waals surface area contributed by atoms with Gasteiger partial charge in [-0.05, 0) is 59.7 Å². The standard InChI is InChI=1S/C16H13FIN3O/c17-12-3-1-2-11(8-12)13-6-7-14(22-9-18)16-19-15(10-4-5-10)20-21(13)16/h1-3,6-8,10H,4-5,9H2. The number of fused-ring (bicyclic) bond motifs is 1. The van der Waals surface area contributed by atoms with Gasteiger partial charge in [0.15, 0.2) is 17.2 Å². The van der Waals surface area contributed by atoms with Gasteiger partial charge in [0.05, 0.1) is 5.69 Å². The molecule has 1 saturated carbocycles. The summed E-state index contributed by atoms with van der Waals surface area (Å²) in [6.07, 6.45) is 2.27. The third-order valence-corrected chi connectivity index (χ3v) is 4.05. The van der Waals surface area contributed by atoms with E-state index in [2.05, 4.69) is 32.7 Å². The maximum Gasteiger partial charge on any atom is 0.198 e. The fourth-order valence-electron chi connectivity index (χ4n) is 2.51. The summed E-state index contributed by atoms with van der Waals surface area (Å²) in [5, 5.41) is 4.62. The average molecular weight is 409 g/mol. The summed E-state index contributed by atoms with van der Waals surface area (Å²) in [6.45, 7) is 0. The molecule has 112 valence electrons. The van der Waals surface area contributed by atoms with Crippen LogP contribution in [0.15, 0.2) is 36.4 Å². The van der Waals surface area contributed by atoms with E-state index < -0.39 is 0 Å². The molecule has 2 heterocycles. The van der Waals surface area contributed by atoms with Crippen LogP contribution < -0.4 is 4.74 Å². The van der Waals surface area contributed by atoms with Gasteiger partial charge in [-0.1, -0.05) is 12.1 Å². The van der Waals surface area contributed by atoms with Gasteiger partial charge >= 0.3 is 0 Å². The molecular weight excluding hydrogens is 396 g/mol. The second-order valence-corrected chi connectivity index (χ2v) is 5.95. The molecule has 0 atom stereocenters. The highest BCUT2D eigenvalue weighted by atomic mass is 127. The summed E-state index contributed by atoms with van der Waals surface area (Å²) >= 11 is 2.15. The molecular formula is C16H13FIN3O. The van der Waals surface area contributed by atoms with E-state index >= 15 is 0 Å². The number of hydrogen-bond donors (Lipinski definition) is 0. The van der Waals surface area contributed by atoms with Crippen molar-refractivity contribution in [2.75, 3.05) is 4.61 Å². The van der Waals surface area contributed by atoms with Crippen molar-refractivity contribution in [3.05, 3.63) is 48.0 Å². The van der Waals surface area contributed by atoms with E-state index in [1.165, 1.54) is 12.1 Å². The van der Waals surface area contributed by atoms with Crippen LogP contribution in [0.4, 0.5) is 4.39 Å². The van der Waals surface area contributed by atoms with Gasteiger partial charge in [-0.2, -0.15) is 5.10 Å². The first-order valence-electron chi connectivity index (χ1n) is 7.10. The molecule has 0 amide bonds. The van der Waals surface area contributed by atoms with Gasteiger partial charge < -0.3 is 4.74 Å². The fourth-order valence-corrected chi connectivity index (χ4v) is 2.84. The van der Waals surface area contributed by atoms with Crippen LogP contribution in [0.25, 0.3) is 16.9 Å². The van der Waals surface area contributed by atoms with Crippen molar-refractivity contribution >= 4 is 28.2 Å². The minimum Gasteiger partial charge on any atom is -0.479 e. The van der Waals surface area contributed by atoms with Crippen molar-refractivity contribution in [1.82, 2.24) is 14.6 Å². The lowest BCUT2D eigenvalue weighted by Crippen LogP contribution is -1.98. The Balaban J connectivity index is 1.93. The van der Waals surface area contributed by atoms with E-state index in [0.717, 1.165) is 29.9 Å². The first kappa shape index (κ1) is 13.9. The third-order valence-electron chi connectivity index (χ3n) is 3.74. The molecule has 3 aromatic rings. The topological polar surface area (TPSA) is 39.4 Å². The van der Waals surface area contributed by atoms with Crippen molar-refractivity contribution < 1.29 is 9.13 Å². The number of aromatic nitrogens is 3. The monoisotopic (exact) mass is 409 g/mol. The fraction of sp³-hybridized carbons (Fsp3) is 0.250. The van der Waals surface area contributed by atoms with Crippen LogP contribution >= 0.6 is 22.6 Å². The summed E-state index contributed by atoms with van der Waals surface area (Å²) in [5.74, 6) is 1.74. The SMILES string of the molecule is Fc1cccc(-c2ccc(OCI)c3nc(C4CC4)nn23)c1. The average Bonchev–Trinajstić information content (AvgIpc) is 3.27. The molecule has 0 aliphatic heterocycles. The number of nitrogens with zero attached hydrogens (tertiary/aromatic N) is 3. The molecule has 1 aromatic carbocycles. The summed E-state index contributed by atoms with van der Waals surface area (Å²) in [7, 11) is 0. The number of alkyl halides is 1. The van der Waals surface area contributed by atoms with Gasteiger partial charge in [0.25, 0.3) is 0 Å². The molecule has 22 heavy (non-hydrogen) atoms. The smallest absolute Gasteiger partial charge is 0.198 e. The molecule has 0 unspecified atom stereocenters. The van der Waals surface area contributed by atoms with Gasteiger partial charge in [0.1, 0.15) is 10.4 Å². The van der Waals surface area contributed by atoms with E-state index in [0.29, 0.717) is 21.9 Å². The molecule has 0 bridgehead atoms. The number of benzene rings is 1. The number of hydrogen-bond acceptors (Lipinski definition) is 3. The highest BCUT2D eigenvalue weighted by Crippen LogP contribution is 2.39. The second-order valence-electron chi connectivity index (χ2n) is 5.33. The predicted octanol–water partition coefficient (Wildman–Crippen LogP) is 4.18. The zero-order valence-corrected chi connectivity index (χ0v) is 13.8. The van der Waals surface area contributed by atoms with Crippen molar-refractivity contribution in [3.63, 3.8) is 0 Å². The Bertz CT molecular complexity index is 845. The van der Waals surface area contributed by atoms with Crippen LogP contribution in [0.3, 0.4) is 0 Å². The summed E-state index contributed by atoms with van der Waals surface area (Å²) in [6, 6.07) is 10.3. The molecule has 6 heteroatoms. The molecule has 0 saturated heterocycles. The minimum absolute atomic E-state index is 0.263. The number of ether oxygens (including phenoxy) is 1. The van der Waals surface area contributed by atoms with Crippen LogP contribution in [0, 0.1) is 5.82 Å². The maximum absolute atomic E-state index is 13.5. The lowest BCUT2D eigenvalue weighted by atomic mass is 10.1. The predicted molar refractivity (Wildman–Crippen MR) is 89.9 cm³/mol. The van der Waals surface area contributed by atoms with Crippen molar-refractivity contribution in [1.29, 1.82) is 0 Å². The van der Waals surface area contributed by atoms with Gasteiger partial charge in [-0.3, -0.25) is 0 Å². The summed E-state index contributed by atoms with van der Waals surface area (Å²) < 4.78 is 21.5. The van der Waals surface area contributed by atoms with E-state index in [1.807, 2.05) is 18.2 Å². The number of halogens is 2. The Hall–Kier alpha value is -1.70. The quantitative estimate of drug-likeness (QED) is 0.480. The van der Waals surface area contributed by atoms with Crippen molar-refractivity contribution in [2.45, 2.75) is 18.8 Å². The Morgan fingerprint density at radius 1 is 1.27 bits per heavy atom. The Kier molecular flexibility index (Phi) is 3.48. The lowest BCUT2D eigenvalue weighted by Gasteiger charge is -2.08. The summed E-state index contributed by atoms with van der Waals surface area (Å²) in [4.78, 5) is 4.63. The minimum atomic E-state index is -0.263. The van der Waals surface area contributed by atoms with Gasteiger partial charge in [-0.25, -0.2) is 13.9 Å². The zero-order valence-electron chi connectivity index (χ0n) is 11.7. The van der Waals surface area contributed by atoms with Crippen LogP contribution in [0.2, 0.25) is 0 Å². The molecule has 0 N–H and O–H groups in total. The van der Waals surface area contributed by atoms with Crippen molar-refractivity contribution in [3.8, 4) is 17.0 Å². The summed E-state index contributed by atoms with van der Waals surface area (Å²) in [5.41, 5.74) is 2.29. The molecule has 1 aliphatic rings. The third kappa shape index (κ3) is 2.45. The Labute approximate surface area is 140 Å². The second kappa shape index (κ2) is 5.49. The van der Waals surface area contributed by atoms with Gasteiger partial charge in [-0.15, -0.1) is 0 Å². The molecule has 2 aromatic heterocycles. The Morgan fingerprint density at radius 2 is 2.14 bits per heavy atom. The van der Waals surface area contributed by atoms with Crippen LogP contribution in [0.1, 0.15) is 24.6 Å². The maximum atomic E-state index is 13.5. The molecule has 1 fully saturated rings. The number of pyridine rings is 1. The van der Waals surface area contributed by atoms with Crippen LogP contribution in [-0.2, 0) is 0 Å². The molecule has 4 nitrogen and oxygen atoms in total. The first-order valence-corrected chi connectivity index (χ1v) is 8.63. The highest BCUT2D eigenvalue weighted by Gasteiger charge is 2.29. The largest absolute Gasteiger partial charge is 0.479 e. The normalized spacial score (nSPS) is 14.5. The highest BCUT2D eigenvalue weighted by molar-refractivity contribution is 14.1. The first-order chi connectivity index (χ1) is 10.8. The van der Waals surface area contributed by atoms with Crippen molar-refractivity contribution in [2.24, 2.45) is 0 Å². The molecule has 4 rings (SSSR count). The van der Waals surface area contributed by atoms with Gasteiger partial charge in [0.2, 0.25) is 0 Å². The zero-order chi connectivity index (χ0) is 15.1. The Morgan fingerprint density at radius 3 is 2.86 bits per heavy atom. The van der Waals surface area contributed by atoms with Crippen LogP contribution in [-0.4, -0.2) is 19.2 Å². The van der Waals surface area contributed by atoms with Crippen LogP contribution in [0.5, 0.6) is 5.75 Å². The van der Waals surface area contributed by atoms with E-state index in [1.54, 1.807) is 10.6 Å². The van der Waals surface area contributed by atoms with Gasteiger partial charge in [0, 0.05) is 11.5 Å². The van der Waals surface area contributed by atoms with E-state index in [-0.39, 0.29) is 5.82 Å². The van der Waals surface area contributed by atoms with E-state index in [4.69, 9.17) is 4.74 Å². The molecule has 0 radical (unpaired) electrons. The number of rotatable bonds is 4. The lowest BCUT2D eigenvalue weighted by molar-refractivity contribution is 0.406. The molecule has 0 spiro atoms.